The molecule has 1 aliphatic rings. The number of carbonyl (C=O) groups excluding carboxylic acids is 1. The van der Waals surface area contributed by atoms with Crippen molar-refractivity contribution in [1.29, 1.82) is 0 Å². The fraction of sp³-hybridized carbons (Fsp3) is 0.375. The van der Waals surface area contributed by atoms with Gasteiger partial charge in [0.05, 0.1) is 0 Å². The zero-order valence-corrected chi connectivity index (χ0v) is 12.6. The van der Waals surface area contributed by atoms with Crippen LogP contribution in [0.4, 0.5) is 11.6 Å². The lowest BCUT2D eigenvalue weighted by Crippen LogP contribution is -2.30. The summed E-state index contributed by atoms with van der Waals surface area (Å²) in [6.07, 6.45) is 5.04. The van der Waals surface area contributed by atoms with Crippen LogP contribution < -0.4 is 10.2 Å². The summed E-state index contributed by atoms with van der Waals surface area (Å²) in [5, 5.41) is 2.77. The van der Waals surface area contributed by atoms with Gasteiger partial charge in [-0.3, -0.25) is 4.79 Å². The van der Waals surface area contributed by atoms with Crippen molar-refractivity contribution in [1.82, 2.24) is 15.0 Å². The van der Waals surface area contributed by atoms with Gasteiger partial charge in [0.25, 0.3) is 5.91 Å². The molecule has 0 atom stereocenters. The highest BCUT2D eigenvalue weighted by molar-refractivity contribution is 6.02. The lowest BCUT2D eigenvalue weighted by molar-refractivity contribution is 0.102. The van der Waals surface area contributed by atoms with E-state index in [1.54, 1.807) is 12.1 Å². The number of amides is 1. The Hall–Kier alpha value is -2.50. The van der Waals surface area contributed by atoms with Crippen LogP contribution in [0, 0.1) is 6.92 Å². The maximum Gasteiger partial charge on any atom is 0.275 e. The highest BCUT2D eigenvalue weighted by Gasteiger charge is 2.15. The van der Waals surface area contributed by atoms with Crippen molar-refractivity contribution in [2.24, 2.45) is 0 Å². The Morgan fingerprint density at radius 3 is 2.77 bits per heavy atom. The summed E-state index contributed by atoms with van der Waals surface area (Å²) in [5.74, 6) is 1.08. The van der Waals surface area contributed by atoms with E-state index in [0.29, 0.717) is 11.5 Å². The van der Waals surface area contributed by atoms with Crippen molar-refractivity contribution in [2.45, 2.75) is 26.2 Å². The molecule has 0 radical (unpaired) electrons. The fourth-order valence-corrected chi connectivity index (χ4v) is 2.56. The molecule has 1 fully saturated rings. The number of piperidine rings is 1. The fourth-order valence-electron chi connectivity index (χ4n) is 2.56. The van der Waals surface area contributed by atoms with Crippen molar-refractivity contribution in [3.8, 4) is 0 Å². The summed E-state index contributed by atoms with van der Waals surface area (Å²) in [7, 11) is 0. The molecular formula is C16H19N5O. The van der Waals surface area contributed by atoms with Crippen molar-refractivity contribution < 1.29 is 4.79 Å². The number of hydrogen-bond acceptors (Lipinski definition) is 5. The van der Waals surface area contributed by atoms with Gasteiger partial charge in [-0.25, -0.2) is 15.0 Å². The Labute approximate surface area is 129 Å². The molecule has 1 aliphatic heterocycles. The summed E-state index contributed by atoms with van der Waals surface area (Å²) in [6.45, 7) is 3.85. The van der Waals surface area contributed by atoms with Gasteiger partial charge in [0.15, 0.2) is 0 Å². The quantitative estimate of drug-likeness (QED) is 0.942. The number of anilines is 2. The van der Waals surface area contributed by atoms with E-state index in [1.807, 2.05) is 19.1 Å². The number of hydrogen-bond donors (Lipinski definition) is 1. The standard InChI is InChI=1S/C16H19N5O/c1-12-6-5-7-14(19-12)20-16(22)13-10-15(18-11-17-13)21-8-3-2-4-9-21/h5-7,10-11H,2-4,8-9H2,1H3,(H,19,20,22). The predicted molar refractivity (Wildman–Crippen MR) is 85.0 cm³/mol. The van der Waals surface area contributed by atoms with Gasteiger partial charge >= 0.3 is 0 Å². The first-order valence-electron chi connectivity index (χ1n) is 7.54. The van der Waals surface area contributed by atoms with Crippen LogP contribution >= 0.6 is 0 Å². The molecule has 6 nitrogen and oxygen atoms in total. The Morgan fingerprint density at radius 1 is 1.18 bits per heavy atom. The number of nitrogens with zero attached hydrogens (tertiary/aromatic N) is 4. The molecule has 114 valence electrons. The van der Waals surface area contributed by atoms with E-state index in [-0.39, 0.29) is 5.91 Å². The molecule has 0 unspecified atom stereocenters. The van der Waals surface area contributed by atoms with Gasteiger partial charge in [0.1, 0.15) is 23.7 Å². The molecule has 3 heterocycles. The third kappa shape index (κ3) is 3.39. The Kier molecular flexibility index (Phi) is 4.27. The van der Waals surface area contributed by atoms with Crippen LogP contribution in [0.5, 0.6) is 0 Å². The summed E-state index contributed by atoms with van der Waals surface area (Å²) in [6, 6.07) is 7.25. The lowest BCUT2D eigenvalue weighted by atomic mass is 10.1. The van der Waals surface area contributed by atoms with Crippen LogP contribution in [0.2, 0.25) is 0 Å². The maximum absolute atomic E-state index is 12.3. The molecular weight excluding hydrogens is 278 g/mol. The minimum absolute atomic E-state index is 0.265. The molecule has 1 N–H and O–H groups in total. The molecule has 6 heteroatoms. The minimum Gasteiger partial charge on any atom is -0.357 e. The summed E-state index contributed by atoms with van der Waals surface area (Å²) in [4.78, 5) is 27.1. The average Bonchev–Trinajstić information content (AvgIpc) is 2.56. The third-order valence-electron chi connectivity index (χ3n) is 3.70. The van der Waals surface area contributed by atoms with Crippen LogP contribution in [0.3, 0.4) is 0 Å². The van der Waals surface area contributed by atoms with E-state index in [0.717, 1.165) is 24.6 Å². The monoisotopic (exact) mass is 297 g/mol. The van der Waals surface area contributed by atoms with E-state index in [1.165, 1.54) is 25.6 Å². The first kappa shape index (κ1) is 14.4. The Morgan fingerprint density at radius 2 is 2.00 bits per heavy atom. The molecule has 3 rings (SSSR count). The molecule has 2 aromatic heterocycles. The van der Waals surface area contributed by atoms with Crippen LogP contribution in [0.1, 0.15) is 35.4 Å². The van der Waals surface area contributed by atoms with E-state index >= 15 is 0 Å². The highest BCUT2D eigenvalue weighted by Crippen LogP contribution is 2.17. The van der Waals surface area contributed by atoms with Gasteiger partial charge in [-0.1, -0.05) is 6.07 Å². The van der Waals surface area contributed by atoms with E-state index < -0.39 is 0 Å². The van der Waals surface area contributed by atoms with Crippen LogP contribution in [0.15, 0.2) is 30.6 Å². The van der Waals surface area contributed by atoms with Crippen molar-refractivity contribution in [3.63, 3.8) is 0 Å². The molecule has 0 bridgehead atoms. The van der Waals surface area contributed by atoms with Gasteiger partial charge in [0.2, 0.25) is 0 Å². The molecule has 22 heavy (non-hydrogen) atoms. The number of carbonyl (C=O) groups is 1. The first-order valence-corrected chi connectivity index (χ1v) is 7.54. The van der Waals surface area contributed by atoms with Gasteiger partial charge in [-0.15, -0.1) is 0 Å². The second kappa shape index (κ2) is 6.51. The zero-order chi connectivity index (χ0) is 15.4. The average molecular weight is 297 g/mol. The SMILES string of the molecule is Cc1cccc(NC(=O)c2cc(N3CCCCC3)ncn2)n1. The van der Waals surface area contributed by atoms with Gasteiger partial charge < -0.3 is 10.2 Å². The van der Waals surface area contributed by atoms with Gasteiger partial charge in [-0.05, 0) is 38.3 Å². The highest BCUT2D eigenvalue weighted by atomic mass is 16.1. The number of aromatic nitrogens is 3. The van der Waals surface area contributed by atoms with Crippen molar-refractivity contribution in [2.75, 3.05) is 23.3 Å². The van der Waals surface area contributed by atoms with Gasteiger partial charge in [0, 0.05) is 24.8 Å². The van der Waals surface area contributed by atoms with Crippen LogP contribution in [0.25, 0.3) is 0 Å². The van der Waals surface area contributed by atoms with Crippen LogP contribution in [-0.2, 0) is 0 Å². The summed E-state index contributed by atoms with van der Waals surface area (Å²) in [5.41, 5.74) is 1.22. The molecule has 0 aliphatic carbocycles. The predicted octanol–water partition coefficient (Wildman–Crippen LogP) is 2.42. The second-order valence-electron chi connectivity index (χ2n) is 5.43. The largest absolute Gasteiger partial charge is 0.357 e. The molecule has 2 aromatic rings. The molecule has 0 aromatic carbocycles. The second-order valence-corrected chi connectivity index (χ2v) is 5.43. The summed E-state index contributed by atoms with van der Waals surface area (Å²) < 4.78 is 0. The van der Waals surface area contributed by atoms with Crippen molar-refractivity contribution >= 4 is 17.5 Å². The van der Waals surface area contributed by atoms with E-state index in [4.69, 9.17) is 0 Å². The molecule has 0 saturated carbocycles. The Bertz CT molecular complexity index is 667. The Balaban J connectivity index is 1.75. The number of nitrogens with one attached hydrogen (secondary N) is 1. The number of aryl methyl sites for hydroxylation is 1. The molecule has 1 amide bonds. The van der Waals surface area contributed by atoms with E-state index in [2.05, 4.69) is 25.2 Å². The zero-order valence-electron chi connectivity index (χ0n) is 12.6. The molecule has 1 saturated heterocycles. The number of pyridine rings is 1. The van der Waals surface area contributed by atoms with E-state index in [9.17, 15) is 4.79 Å². The number of rotatable bonds is 3. The van der Waals surface area contributed by atoms with Gasteiger partial charge in [-0.2, -0.15) is 0 Å². The normalized spacial score (nSPS) is 14.7. The van der Waals surface area contributed by atoms with Crippen LogP contribution in [-0.4, -0.2) is 33.9 Å². The lowest BCUT2D eigenvalue weighted by Gasteiger charge is -2.27. The first-order chi connectivity index (χ1) is 10.7. The van der Waals surface area contributed by atoms with Crippen molar-refractivity contribution in [3.05, 3.63) is 42.0 Å². The smallest absolute Gasteiger partial charge is 0.275 e. The molecule has 0 spiro atoms. The summed E-state index contributed by atoms with van der Waals surface area (Å²) >= 11 is 0. The third-order valence-corrected chi connectivity index (χ3v) is 3.70. The minimum atomic E-state index is -0.265. The topological polar surface area (TPSA) is 71.0 Å². The maximum atomic E-state index is 12.3.